The van der Waals surface area contributed by atoms with Gasteiger partial charge in [-0.25, -0.2) is 9.18 Å². The van der Waals surface area contributed by atoms with Crippen molar-refractivity contribution in [3.8, 4) is 5.75 Å². The predicted octanol–water partition coefficient (Wildman–Crippen LogP) is 2.15. The van der Waals surface area contributed by atoms with Gasteiger partial charge in [-0.15, -0.1) is 0 Å². The smallest absolute Gasteiger partial charge is 0.342 e. The highest BCUT2D eigenvalue weighted by Crippen LogP contribution is 2.28. The van der Waals surface area contributed by atoms with Crippen LogP contribution in [0.3, 0.4) is 0 Å². The molecule has 8 heteroatoms. The van der Waals surface area contributed by atoms with Crippen LogP contribution in [0.1, 0.15) is 24.2 Å². The van der Waals surface area contributed by atoms with Crippen LogP contribution >= 0.6 is 0 Å². The van der Waals surface area contributed by atoms with Gasteiger partial charge in [0.2, 0.25) is 0 Å². The van der Waals surface area contributed by atoms with Crippen molar-refractivity contribution in [1.29, 1.82) is 0 Å². The number of nitro benzene ring substituents is 1. The Balaban J connectivity index is 3.12. The van der Waals surface area contributed by atoms with E-state index >= 15 is 0 Å². The average Bonchev–Trinajstić information content (AvgIpc) is 2.36. The van der Waals surface area contributed by atoms with E-state index in [9.17, 15) is 19.3 Å². The minimum absolute atomic E-state index is 0.0911. The molecule has 0 saturated heterocycles. The molecule has 0 heterocycles. The second kappa shape index (κ2) is 6.04. The van der Waals surface area contributed by atoms with Crippen LogP contribution in [0.2, 0.25) is 0 Å². The van der Waals surface area contributed by atoms with Gasteiger partial charge in [-0.1, -0.05) is 0 Å². The molecule has 0 unspecified atom stereocenters. The summed E-state index contributed by atoms with van der Waals surface area (Å²) < 4.78 is 19.1. The molecule has 1 aromatic carbocycles. The number of hydrogen-bond donors (Lipinski definition) is 1. The SMILES string of the molecule is CN(C)C(C)(C)COc1cc(C(=O)O)c([N+](=O)[O-])cc1F. The number of benzene rings is 1. The highest BCUT2D eigenvalue weighted by atomic mass is 19.1. The maximum absolute atomic E-state index is 13.8. The second-order valence-electron chi connectivity index (χ2n) is 5.36. The third kappa shape index (κ3) is 3.88. The van der Waals surface area contributed by atoms with Crippen molar-refractivity contribution in [2.45, 2.75) is 19.4 Å². The van der Waals surface area contributed by atoms with Gasteiger partial charge in [0, 0.05) is 11.6 Å². The Morgan fingerprint density at radius 1 is 1.48 bits per heavy atom. The summed E-state index contributed by atoms with van der Waals surface area (Å²) in [6.45, 7) is 3.80. The molecule has 116 valence electrons. The molecule has 1 N–H and O–H groups in total. The molecule has 0 fully saturated rings. The Kier molecular flexibility index (Phi) is 4.84. The number of carboxylic acids is 1. The molecule has 0 radical (unpaired) electrons. The summed E-state index contributed by atoms with van der Waals surface area (Å²) >= 11 is 0. The summed E-state index contributed by atoms with van der Waals surface area (Å²) in [5.41, 5.74) is -1.84. The molecular weight excluding hydrogens is 283 g/mol. The molecule has 0 aliphatic rings. The molecule has 0 bridgehead atoms. The first kappa shape index (κ1) is 16.8. The Morgan fingerprint density at radius 2 is 2.05 bits per heavy atom. The van der Waals surface area contributed by atoms with Crippen LogP contribution in [-0.2, 0) is 0 Å². The predicted molar refractivity (Wildman–Crippen MR) is 73.3 cm³/mol. The van der Waals surface area contributed by atoms with Crippen LogP contribution < -0.4 is 4.74 Å². The Labute approximate surface area is 121 Å². The molecule has 0 amide bonds. The fraction of sp³-hybridized carbons (Fsp3) is 0.462. The number of carboxylic acid groups (broad SMARTS) is 1. The number of aromatic carboxylic acids is 1. The summed E-state index contributed by atoms with van der Waals surface area (Å²) in [6, 6.07) is 1.39. The number of rotatable bonds is 6. The van der Waals surface area contributed by atoms with E-state index in [-0.39, 0.29) is 12.4 Å². The Hall–Kier alpha value is -2.22. The zero-order chi connectivity index (χ0) is 16.4. The van der Waals surface area contributed by atoms with E-state index in [2.05, 4.69) is 0 Å². The molecule has 7 nitrogen and oxygen atoms in total. The monoisotopic (exact) mass is 300 g/mol. The molecule has 0 aliphatic carbocycles. The van der Waals surface area contributed by atoms with Crippen molar-refractivity contribution < 1.29 is 24.0 Å². The number of halogens is 1. The molecular formula is C13H17FN2O5. The molecule has 21 heavy (non-hydrogen) atoms. The summed E-state index contributed by atoms with van der Waals surface area (Å²) in [6.07, 6.45) is 0. The van der Waals surface area contributed by atoms with E-state index in [1.807, 2.05) is 32.8 Å². The summed E-state index contributed by atoms with van der Waals surface area (Å²) in [5.74, 6) is -2.81. The van der Waals surface area contributed by atoms with Gasteiger partial charge in [0.05, 0.1) is 11.0 Å². The zero-order valence-electron chi connectivity index (χ0n) is 12.2. The first-order valence-electron chi connectivity index (χ1n) is 6.07. The average molecular weight is 300 g/mol. The first-order chi connectivity index (χ1) is 9.56. The number of hydrogen-bond acceptors (Lipinski definition) is 5. The fourth-order valence-corrected chi connectivity index (χ4v) is 1.36. The van der Waals surface area contributed by atoms with Crippen LogP contribution in [0.4, 0.5) is 10.1 Å². The third-order valence-electron chi connectivity index (χ3n) is 3.27. The highest BCUT2D eigenvalue weighted by Gasteiger charge is 2.26. The third-order valence-corrected chi connectivity index (χ3v) is 3.27. The van der Waals surface area contributed by atoms with Crippen LogP contribution in [0.15, 0.2) is 12.1 Å². The van der Waals surface area contributed by atoms with E-state index in [1.54, 1.807) is 0 Å². The Bertz CT molecular complexity index is 572. The lowest BCUT2D eigenvalue weighted by atomic mass is 10.1. The number of nitrogens with zero attached hydrogens (tertiary/aromatic N) is 2. The van der Waals surface area contributed by atoms with E-state index in [1.165, 1.54) is 0 Å². The number of nitro groups is 1. The largest absolute Gasteiger partial charge is 0.489 e. The summed E-state index contributed by atoms with van der Waals surface area (Å²) in [5, 5.41) is 19.7. The van der Waals surface area contributed by atoms with Gasteiger partial charge in [-0.05, 0) is 27.9 Å². The van der Waals surface area contributed by atoms with Gasteiger partial charge < -0.3 is 14.7 Å². The van der Waals surface area contributed by atoms with E-state index in [0.29, 0.717) is 6.07 Å². The van der Waals surface area contributed by atoms with Crippen molar-refractivity contribution in [1.82, 2.24) is 4.90 Å². The number of likely N-dealkylation sites (N-methyl/N-ethyl adjacent to an activating group) is 1. The normalized spacial score (nSPS) is 11.5. The molecule has 1 aromatic rings. The molecule has 0 aromatic heterocycles. The summed E-state index contributed by atoms with van der Waals surface area (Å²) in [7, 11) is 3.64. The van der Waals surface area contributed by atoms with Gasteiger partial charge >= 0.3 is 5.97 Å². The van der Waals surface area contributed by atoms with E-state index in [0.717, 1.165) is 6.07 Å². The molecule has 1 rings (SSSR count). The van der Waals surface area contributed by atoms with E-state index in [4.69, 9.17) is 9.84 Å². The maximum atomic E-state index is 13.8. The maximum Gasteiger partial charge on any atom is 0.342 e. The lowest BCUT2D eigenvalue weighted by molar-refractivity contribution is -0.385. The van der Waals surface area contributed by atoms with Gasteiger partial charge in [0.1, 0.15) is 12.2 Å². The topological polar surface area (TPSA) is 92.9 Å². The van der Waals surface area contributed by atoms with Gasteiger partial charge in [0.25, 0.3) is 5.69 Å². The lowest BCUT2D eigenvalue weighted by Crippen LogP contribution is -2.43. The van der Waals surface area contributed by atoms with Crippen LogP contribution in [0.5, 0.6) is 5.75 Å². The van der Waals surface area contributed by atoms with Gasteiger partial charge in [-0.2, -0.15) is 0 Å². The van der Waals surface area contributed by atoms with Crippen molar-refractivity contribution >= 4 is 11.7 Å². The zero-order valence-corrected chi connectivity index (χ0v) is 12.2. The second-order valence-corrected chi connectivity index (χ2v) is 5.36. The molecule has 0 aliphatic heterocycles. The number of carbonyl (C=O) groups is 1. The highest BCUT2D eigenvalue weighted by molar-refractivity contribution is 5.92. The molecule has 0 atom stereocenters. The van der Waals surface area contributed by atoms with Crippen LogP contribution in [0.25, 0.3) is 0 Å². The first-order valence-corrected chi connectivity index (χ1v) is 6.07. The standard InChI is InChI=1S/C13H17FN2O5/c1-13(2,15(3)4)7-21-11-5-8(12(17)18)10(16(19)20)6-9(11)14/h5-6H,7H2,1-4H3,(H,17,18). The van der Waals surface area contributed by atoms with Crippen molar-refractivity contribution in [3.05, 3.63) is 33.6 Å². The molecule has 0 spiro atoms. The van der Waals surface area contributed by atoms with Crippen LogP contribution in [-0.4, -0.2) is 47.1 Å². The van der Waals surface area contributed by atoms with Crippen molar-refractivity contribution in [2.24, 2.45) is 0 Å². The fourth-order valence-electron chi connectivity index (χ4n) is 1.36. The van der Waals surface area contributed by atoms with Gasteiger partial charge in [0.15, 0.2) is 11.6 Å². The lowest BCUT2D eigenvalue weighted by Gasteiger charge is -2.32. The van der Waals surface area contributed by atoms with E-state index < -0.39 is 33.5 Å². The van der Waals surface area contributed by atoms with Crippen molar-refractivity contribution in [3.63, 3.8) is 0 Å². The summed E-state index contributed by atoms with van der Waals surface area (Å²) in [4.78, 5) is 22.6. The Morgan fingerprint density at radius 3 is 2.48 bits per heavy atom. The number of ether oxygens (including phenoxy) is 1. The minimum Gasteiger partial charge on any atom is -0.489 e. The van der Waals surface area contributed by atoms with Gasteiger partial charge in [-0.3, -0.25) is 10.1 Å². The van der Waals surface area contributed by atoms with Crippen LogP contribution in [0, 0.1) is 15.9 Å². The quantitative estimate of drug-likeness (QED) is 0.639. The minimum atomic E-state index is -1.52. The van der Waals surface area contributed by atoms with Crippen molar-refractivity contribution in [2.75, 3.05) is 20.7 Å². The molecule has 0 saturated carbocycles.